The smallest absolute Gasteiger partial charge is 0.362 e. The molecular formula is C15H22N8O8S2. The molecule has 0 saturated carbocycles. The molecule has 18 heteroatoms. The number of nitrogen functional groups attached to an aromatic ring is 1. The number of carbonyl (C=O) groups excluding carboxylic acids is 4. The third kappa shape index (κ3) is 5.65. The first-order chi connectivity index (χ1) is 15.1. The van der Waals surface area contributed by atoms with Crippen LogP contribution in [0.3, 0.4) is 0 Å². The van der Waals surface area contributed by atoms with Crippen molar-refractivity contribution < 1.29 is 37.0 Å². The number of anilines is 1. The zero-order chi connectivity index (χ0) is 25.3. The zero-order valence-electron chi connectivity index (χ0n) is 17.8. The average Bonchev–Trinajstić information content (AvgIpc) is 3.10. The Hall–Kier alpha value is -3.51. The number of aromatic nitrogens is 1. The van der Waals surface area contributed by atoms with Crippen molar-refractivity contribution in [2.24, 2.45) is 10.9 Å². The van der Waals surface area contributed by atoms with Crippen molar-refractivity contribution in [3.63, 3.8) is 0 Å². The molecule has 2 heterocycles. The number of hydrazine groups is 1. The number of nitrogens with one attached hydrogen (secondary N) is 2. The van der Waals surface area contributed by atoms with E-state index in [1.807, 2.05) is 0 Å². The topological polar surface area (TPSA) is 240 Å². The highest BCUT2D eigenvalue weighted by Gasteiger charge is 2.51. The first-order valence-corrected chi connectivity index (χ1v) is 11.3. The van der Waals surface area contributed by atoms with Crippen molar-refractivity contribution in [2.75, 3.05) is 12.8 Å². The van der Waals surface area contributed by atoms with Gasteiger partial charge < -0.3 is 21.6 Å². The Morgan fingerprint density at radius 2 is 2.00 bits per heavy atom. The van der Waals surface area contributed by atoms with Gasteiger partial charge in [-0.3, -0.25) is 24.4 Å². The van der Waals surface area contributed by atoms with Gasteiger partial charge in [-0.25, -0.2) is 19.1 Å². The number of nitrogens with two attached hydrogens (primary N) is 2. The fourth-order valence-electron chi connectivity index (χ4n) is 2.46. The summed E-state index contributed by atoms with van der Waals surface area (Å²) < 4.78 is 31.7. The molecule has 182 valence electrons. The summed E-state index contributed by atoms with van der Waals surface area (Å²) in [5.74, 6) is -2.90. The number of oxime groups is 1. The number of urea groups is 1. The molecule has 1 aromatic rings. The summed E-state index contributed by atoms with van der Waals surface area (Å²) in [5, 5.41) is 8.11. The standard InChI is InChI=1S/C15H22N8O8S2/c1-6-8(11(25)23(6)33(28,29)30)19-10(24)9(7-5-32-13(16)18-7)21-31-15(2,3)12(26)20-22(4)14(17)27/h5-6,8H,1-4H3,(H2,16,18)(H2,17,27)(H,19,24)(H,20,26)(H,28,29,30)/t6-,8-/m0/s1. The lowest BCUT2D eigenvalue weighted by molar-refractivity contribution is -0.146. The zero-order valence-corrected chi connectivity index (χ0v) is 19.4. The van der Waals surface area contributed by atoms with Crippen LogP contribution >= 0.6 is 11.3 Å². The Kier molecular flexibility index (Phi) is 7.14. The van der Waals surface area contributed by atoms with Gasteiger partial charge in [0.25, 0.3) is 17.7 Å². The van der Waals surface area contributed by atoms with Gasteiger partial charge >= 0.3 is 16.3 Å². The minimum Gasteiger partial charge on any atom is -0.379 e. The van der Waals surface area contributed by atoms with Gasteiger partial charge in [0.15, 0.2) is 10.8 Å². The number of carbonyl (C=O) groups is 4. The summed E-state index contributed by atoms with van der Waals surface area (Å²) in [6, 6.07) is -3.31. The summed E-state index contributed by atoms with van der Waals surface area (Å²) in [6.45, 7) is 3.86. The number of thiazole rings is 1. The molecular weight excluding hydrogens is 484 g/mol. The molecule has 0 unspecified atom stereocenters. The fraction of sp³-hybridized carbons (Fsp3) is 0.467. The number of amides is 5. The third-order valence-electron chi connectivity index (χ3n) is 4.36. The van der Waals surface area contributed by atoms with Crippen LogP contribution in [0.2, 0.25) is 0 Å². The minimum atomic E-state index is -4.79. The van der Waals surface area contributed by atoms with Crippen LogP contribution in [0.4, 0.5) is 9.93 Å². The van der Waals surface area contributed by atoms with E-state index in [0.29, 0.717) is 5.01 Å². The minimum absolute atomic E-state index is 0.0495. The summed E-state index contributed by atoms with van der Waals surface area (Å²) in [6.07, 6.45) is 0. The molecule has 1 aliphatic heterocycles. The molecule has 5 amide bonds. The molecule has 1 fully saturated rings. The van der Waals surface area contributed by atoms with Gasteiger partial charge in [-0.05, 0) is 20.8 Å². The van der Waals surface area contributed by atoms with Gasteiger partial charge in [0.05, 0.1) is 6.04 Å². The Bertz CT molecular complexity index is 1110. The summed E-state index contributed by atoms with van der Waals surface area (Å²) in [7, 11) is -3.59. The van der Waals surface area contributed by atoms with Crippen LogP contribution in [0.5, 0.6) is 0 Å². The van der Waals surface area contributed by atoms with Crippen LogP contribution in [-0.2, 0) is 29.5 Å². The quantitative estimate of drug-likeness (QED) is 0.115. The molecule has 16 nitrogen and oxygen atoms in total. The second-order valence-corrected chi connectivity index (χ2v) is 9.43. The van der Waals surface area contributed by atoms with Crippen LogP contribution in [0.1, 0.15) is 26.5 Å². The van der Waals surface area contributed by atoms with Gasteiger partial charge in [-0.15, -0.1) is 11.3 Å². The van der Waals surface area contributed by atoms with E-state index in [9.17, 15) is 27.6 Å². The highest BCUT2D eigenvalue weighted by atomic mass is 32.2. The van der Waals surface area contributed by atoms with Gasteiger partial charge in [0.2, 0.25) is 5.60 Å². The van der Waals surface area contributed by atoms with E-state index in [1.165, 1.54) is 33.2 Å². The normalized spacial score (nSPS) is 18.9. The molecule has 0 radical (unpaired) electrons. The second-order valence-electron chi connectivity index (χ2n) is 7.25. The lowest BCUT2D eigenvalue weighted by Gasteiger charge is -2.42. The fourth-order valence-corrected chi connectivity index (χ4v) is 3.89. The number of hydrogen-bond donors (Lipinski definition) is 5. The number of nitrogens with zero attached hydrogens (tertiary/aromatic N) is 4. The van der Waals surface area contributed by atoms with E-state index in [1.54, 1.807) is 0 Å². The maximum atomic E-state index is 12.8. The Morgan fingerprint density at radius 3 is 2.45 bits per heavy atom. The Labute approximate surface area is 191 Å². The highest BCUT2D eigenvalue weighted by molar-refractivity contribution is 7.84. The van der Waals surface area contributed by atoms with Crippen molar-refractivity contribution in [1.82, 2.24) is 25.0 Å². The van der Waals surface area contributed by atoms with E-state index < -0.39 is 57.5 Å². The van der Waals surface area contributed by atoms with E-state index in [-0.39, 0.29) is 15.1 Å². The van der Waals surface area contributed by atoms with E-state index in [0.717, 1.165) is 11.3 Å². The number of hydrogen-bond acceptors (Lipinski definition) is 11. The molecule has 0 spiro atoms. The monoisotopic (exact) mass is 506 g/mol. The summed E-state index contributed by atoms with van der Waals surface area (Å²) in [4.78, 5) is 57.4. The molecule has 1 saturated heterocycles. The predicted molar refractivity (Wildman–Crippen MR) is 114 cm³/mol. The van der Waals surface area contributed by atoms with E-state index >= 15 is 0 Å². The first-order valence-electron chi connectivity index (χ1n) is 8.99. The van der Waals surface area contributed by atoms with Crippen molar-refractivity contribution in [2.45, 2.75) is 38.5 Å². The van der Waals surface area contributed by atoms with E-state index in [2.05, 4.69) is 20.9 Å². The largest absolute Gasteiger partial charge is 0.379 e. The molecule has 0 aliphatic carbocycles. The summed E-state index contributed by atoms with van der Waals surface area (Å²) >= 11 is 0.970. The van der Waals surface area contributed by atoms with Crippen molar-refractivity contribution >= 4 is 56.2 Å². The van der Waals surface area contributed by atoms with Crippen LogP contribution in [0, 0.1) is 0 Å². The molecule has 2 rings (SSSR count). The van der Waals surface area contributed by atoms with Crippen molar-refractivity contribution in [3.8, 4) is 0 Å². The van der Waals surface area contributed by atoms with Crippen LogP contribution in [0.15, 0.2) is 10.5 Å². The van der Waals surface area contributed by atoms with E-state index in [4.69, 9.17) is 20.9 Å². The van der Waals surface area contributed by atoms with Gasteiger partial charge in [0, 0.05) is 12.4 Å². The van der Waals surface area contributed by atoms with Gasteiger partial charge in [-0.1, -0.05) is 5.16 Å². The van der Waals surface area contributed by atoms with Crippen LogP contribution in [0.25, 0.3) is 0 Å². The maximum Gasteiger partial charge on any atom is 0.362 e. The van der Waals surface area contributed by atoms with Crippen LogP contribution < -0.4 is 22.2 Å². The number of primary amides is 1. The third-order valence-corrected chi connectivity index (χ3v) is 6.05. The molecule has 0 aromatic carbocycles. The molecule has 1 aromatic heterocycles. The van der Waals surface area contributed by atoms with Crippen molar-refractivity contribution in [1.29, 1.82) is 0 Å². The lowest BCUT2D eigenvalue weighted by Crippen LogP contribution is -2.71. The van der Waals surface area contributed by atoms with Crippen LogP contribution in [-0.4, -0.2) is 81.5 Å². The van der Waals surface area contributed by atoms with Gasteiger partial charge in [-0.2, -0.15) is 8.42 Å². The first kappa shape index (κ1) is 25.7. The maximum absolute atomic E-state index is 12.8. The molecule has 2 atom stereocenters. The second kappa shape index (κ2) is 9.16. The predicted octanol–water partition coefficient (Wildman–Crippen LogP) is -2.22. The molecule has 0 bridgehead atoms. The average molecular weight is 507 g/mol. The molecule has 33 heavy (non-hydrogen) atoms. The Morgan fingerprint density at radius 1 is 1.39 bits per heavy atom. The SMILES string of the molecule is C[C@H]1[C@H](NC(=O)C(=NOC(C)(C)C(=O)NN(C)C(N)=O)c2csc(N)n2)C(=O)N1S(=O)(=O)O. The van der Waals surface area contributed by atoms with Gasteiger partial charge in [0.1, 0.15) is 11.7 Å². The van der Waals surface area contributed by atoms with Crippen molar-refractivity contribution in [3.05, 3.63) is 11.1 Å². The molecule has 7 N–H and O–H groups in total. The number of β-lactam (4-membered cyclic amide) rings is 1. The Balaban J connectivity index is 2.24. The highest BCUT2D eigenvalue weighted by Crippen LogP contribution is 2.23. The summed E-state index contributed by atoms with van der Waals surface area (Å²) in [5.41, 5.74) is 10.6. The number of rotatable bonds is 7. The molecule has 1 aliphatic rings. The lowest BCUT2D eigenvalue weighted by atomic mass is 10.0.